The van der Waals surface area contributed by atoms with Crippen LogP contribution in [0.15, 0.2) is 42.5 Å². The van der Waals surface area contributed by atoms with E-state index in [1.165, 1.54) is 5.56 Å². The normalized spacial score (nSPS) is 15.0. The fourth-order valence-corrected chi connectivity index (χ4v) is 3.33. The molecule has 142 valence electrons. The number of benzene rings is 2. The smallest absolute Gasteiger partial charge is 0.322 e. The van der Waals surface area contributed by atoms with Crippen LogP contribution in [0.2, 0.25) is 0 Å². The first kappa shape index (κ1) is 19.0. The lowest BCUT2D eigenvalue weighted by atomic mass is 9.99. The molecule has 0 saturated carbocycles. The summed E-state index contributed by atoms with van der Waals surface area (Å²) in [5, 5.41) is 5.85. The van der Waals surface area contributed by atoms with E-state index in [1.54, 1.807) is 11.0 Å². The Labute approximate surface area is 160 Å². The number of rotatable bonds is 5. The Balaban J connectivity index is 1.70. The van der Waals surface area contributed by atoms with Gasteiger partial charge in [0.2, 0.25) is 0 Å². The van der Waals surface area contributed by atoms with Crippen molar-refractivity contribution in [3.63, 3.8) is 0 Å². The minimum atomic E-state index is -0.115. The lowest BCUT2D eigenvalue weighted by Crippen LogP contribution is -2.29. The molecule has 3 rings (SSSR count). The molecule has 1 unspecified atom stereocenters. The summed E-state index contributed by atoms with van der Waals surface area (Å²) in [5.74, 6) is 0.374. The van der Waals surface area contributed by atoms with Gasteiger partial charge in [-0.15, -0.1) is 0 Å². The molecule has 1 saturated heterocycles. The number of aryl methyl sites for hydroxylation is 1. The van der Waals surface area contributed by atoms with Crippen molar-refractivity contribution in [2.24, 2.45) is 0 Å². The third-order valence-corrected chi connectivity index (χ3v) is 5.06. The van der Waals surface area contributed by atoms with Crippen molar-refractivity contribution in [3.8, 4) is 0 Å². The molecule has 0 aromatic heterocycles. The third-order valence-electron chi connectivity index (χ3n) is 5.06. The Morgan fingerprint density at radius 3 is 2.30 bits per heavy atom. The number of urea groups is 1. The van der Waals surface area contributed by atoms with Crippen LogP contribution in [0, 0.1) is 6.92 Å². The summed E-state index contributed by atoms with van der Waals surface area (Å²) in [4.78, 5) is 26.2. The van der Waals surface area contributed by atoms with Gasteiger partial charge in [-0.1, -0.05) is 38.1 Å². The van der Waals surface area contributed by atoms with Gasteiger partial charge >= 0.3 is 6.03 Å². The van der Waals surface area contributed by atoms with Gasteiger partial charge in [-0.25, -0.2) is 4.79 Å². The summed E-state index contributed by atoms with van der Waals surface area (Å²) in [5.41, 5.74) is 4.72. The van der Waals surface area contributed by atoms with Crippen molar-refractivity contribution in [1.82, 2.24) is 10.6 Å². The van der Waals surface area contributed by atoms with Crippen molar-refractivity contribution in [2.45, 2.75) is 39.7 Å². The Bertz CT molecular complexity index is 843. The summed E-state index contributed by atoms with van der Waals surface area (Å²) in [6.07, 6.45) is 0. The molecule has 3 amide bonds. The van der Waals surface area contributed by atoms with E-state index in [1.807, 2.05) is 26.0 Å². The fraction of sp³-hybridized carbons (Fsp3) is 0.364. The van der Waals surface area contributed by atoms with Crippen molar-refractivity contribution in [3.05, 3.63) is 64.7 Å². The van der Waals surface area contributed by atoms with E-state index >= 15 is 0 Å². The first-order valence-corrected chi connectivity index (χ1v) is 9.43. The summed E-state index contributed by atoms with van der Waals surface area (Å²) in [7, 11) is 0. The molecule has 27 heavy (non-hydrogen) atoms. The Kier molecular flexibility index (Phi) is 5.49. The van der Waals surface area contributed by atoms with Gasteiger partial charge in [0, 0.05) is 24.3 Å². The average molecular weight is 365 g/mol. The predicted molar refractivity (Wildman–Crippen MR) is 108 cm³/mol. The monoisotopic (exact) mass is 365 g/mol. The number of anilines is 1. The maximum Gasteiger partial charge on any atom is 0.322 e. The topological polar surface area (TPSA) is 61.4 Å². The number of hydrogen-bond donors (Lipinski definition) is 2. The van der Waals surface area contributed by atoms with Crippen LogP contribution in [0.3, 0.4) is 0 Å². The molecule has 2 aromatic rings. The van der Waals surface area contributed by atoms with Crippen LogP contribution in [0.5, 0.6) is 0 Å². The molecule has 1 aliphatic heterocycles. The largest absolute Gasteiger partial charge is 0.346 e. The zero-order chi connectivity index (χ0) is 19.6. The summed E-state index contributed by atoms with van der Waals surface area (Å²) in [6.45, 7) is 9.53. The molecule has 1 atom stereocenters. The minimum Gasteiger partial charge on any atom is -0.346 e. The van der Waals surface area contributed by atoms with Crippen molar-refractivity contribution >= 4 is 17.6 Å². The van der Waals surface area contributed by atoms with E-state index < -0.39 is 0 Å². The third kappa shape index (κ3) is 4.13. The van der Waals surface area contributed by atoms with Crippen molar-refractivity contribution in [1.29, 1.82) is 0 Å². The van der Waals surface area contributed by atoms with Gasteiger partial charge in [0.1, 0.15) is 0 Å². The second-order valence-electron chi connectivity index (χ2n) is 7.40. The Hall–Kier alpha value is -2.82. The summed E-state index contributed by atoms with van der Waals surface area (Å²) < 4.78 is 0. The molecule has 0 radical (unpaired) electrons. The van der Waals surface area contributed by atoms with E-state index in [0.29, 0.717) is 24.6 Å². The summed E-state index contributed by atoms with van der Waals surface area (Å²) in [6, 6.07) is 13.7. The summed E-state index contributed by atoms with van der Waals surface area (Å²) >= 11 is 0. The second-order valence-corrected chi connectivity index (χ2v) is 7.40. The van der Waals surface area contributed by atoms with Gasteiger partial charge in [-0.05, 0) is 54.7 Å². The standard InChI is InChI=1S/C22H27N3O2/c1-14(2)17-5-7-18(8-6-17)16(4)24-21(26)19-9-10-20(15(3)13-19)25-12-11-23-22(25)27/h5-10,13-14,16H,11-12H2,1-4H3,(H,23,27)(H,24,26). The van der Waals surface area contributed by atoms with Crippen LogP contribution in [-0.2, 0) is 0 Å². The van der Waals surface area contributed by atoms with Crippen LogP contribution >= 0.6 is 0 Å². The molecule has 2 aromatic carbocycles. The van der Waals surface area contributed by atoms with Gasteiger partial charge < -0.3 is 10.6 Å². The first-order valence-electron chi connectivity index (χ1n) is 9.43. The van der Waals surface area contributed by atoms with Crippen LogP contribution in [0.1, 0.15) is 59.8 Å². The van der Waals surface area contributed by atoms with E-state index in [2.05, 4.69) is 48.7 Å². The molecule has 2 N–H and O–H groups in total. The fourth-order valence-electron chi connectivity index (χ4n) is 3.33. The first-order chi connectivity index (χ1) is 12.9. The van der Waals surface area contributed by atoms with E-state index in [4.69, 9.17) is 0 Å². The quantitative estimate of drug-likeness (QED) is 0.836. The van der Waals surface area contributed by atoms with Crippen LogP contribution in [-0.4, -0.2) is 25.0 Å². The molecule has 1 fully saturated rings. The predicted octanol–water partition coefficient (Wildman–Crippen LogP) is 4.14. The highest BCUT2D eigenvalue weighted by molar-refractivity contribution is 5.98. The number of nitrogens with one attached hydrogen (secondary N) is 2. The Morgan fingerprint density at radius 2 is 1.74 bits per heavy atom. The Morgan fingerprint density at radius 1 is 1.07 bits per heavy atom. The number of carbonyl (C=O) groups is 2. The maximum atomic E-state index is 12.6. The van der Waals surface area contributed by atoms with Gasteiger partial charge in [-0.2, -0.15) is 0 Å². The number of nitrogens with zero attached hydrogens (tertiary/aromatic N) is 1. The zero-order valence-corrected chi connectivity index (χ0v) is 16.4. The average Bonchev–Trinajstić information content (AvgIpc) is 3.07. The highest BCUT2D eigenvalue weighted by Crippen LogP contribution is 2.24. The van der Waals surface area contributed by atoms with Crippen LogP contribution in [0.4, 0.5) is 10.5 Å². The van der Waals surface area contributed by atoms with E-state index in [-0.39, 0.29) is 18.0 Å². The SMILES string of the molecule is Cc1cc(C(=O)NC(C)c2ccc(C(C)C)cc2)ccc1N1CCNC1=O. The van der Waals surface area contributed by atoms with E-state index in [0.717, 1.165) is 16.8 Å². The molecular weight excluding hydrogens is 338 g/mol. The molecule has 5 heteroatoms. The van der Waals surface area contributed by atoms with Crippen molar-refractivity contribution < 1.29 is 9.59 Å². The lowest BCUT2D eigenvalue weighted by Gasteiger charge is -2.19. The molecule has 0 bridgehead atoms. The van der Waals surface area contributed by atoms with Crippen molar-refractivity contribution in [2.75, 3.05) is 18.0 Å². The van der Waals surface area contributed by atoms with Gasteiger partial charge in [0.05, 0.1) is 6.04 Å². The highest BCUT2D eigenvalue weighted by atomic mass is 16.2. The van der Waals surface area contributed by atoms with Gasteiger partial charge in [0.25, 0.3) is 5.91 Å². The van der Waals surface area contributed by atoms with Gasteiger partial charge in [-0.3, -0.25) is 9.69 Å². The van der Waals surface area contributed by atoms with Crippen LogP contribution < -0.4 is 15.5 Å². The lowest BCUT2D eigenvalue weighted by molar-refractivity contribution is 0.0940. The van der Waals surface area contributed by atoms with Gasteiger partial charge in [0.15, 0.2) is 0 Å². The molecule has 1 aliphatic rings. The van der Waals surface area contributed by atoms with E-state index in [9.17, 15) is 9.59 Å². The zero-order valence-electron chi connectivity index (χ0n) is 16.4. The number of amides is 3. The number of carbonyl (C=O) groups excluding carboxylic acids is 2. The highest BCUT2D eigenvalue weighted by Gasteiger charge is 2.23. The maximum absolute atomic E-state index is 12.6. The molecular formula is C22H27N3O2. The molecule has 0 aliphatic carbocycles. The second kappa shape index (κ2) is 7.82. The van der Waals surface area contributed by atoms with Crippen LogP contribution in [0.25, 0.3) is 0 Å². The molecule has 5 nitrogen and oxygen atoms in total. The number of hydrogen-bond acceptors (Lipinski definition) is 2. The minimum absolute atomic E-state index is 0.0805. The molecule has 1 heterocycles. The molecule has 0 spiro atoms.